The molecule has 18 heavy (non-hydrogen) atoms. The van der Waals surface area contributed by atoms with E-state index in [2.05, 4.69) is 5.32 Å². The predicted molar refractivity (Wildman–Crippen MR) is 77.8 cm³/mol. The zero-order valence-corrected chi connectivity index (χ0v) is 12.2. The third-order valence-electron chi connectivity index (χ3n) is 3.88. The molecule has 0 spiro atoms. The molecule has 1 aliphatic carbocycles. The first kappa shape index (κ1) is 15.7. The van der Waals surface area contributed by atoms with E-state index >= 15 is 0 Å². The third kappa shape index (κ3) is 8.68. The Morgan fingerprint density at radius 3 is 1.89 bits per heavy atom. The second-order valence-corrected chi connectivity index (χ2v) is 5.78. The Morgan fingerprint density at radius 1 is 0.889 bits per heavy atom. The van der Waals surface area contributed by atoms with E-state index in [0.29, 0.717) is 11.7 Å². The molecule has 1 aliphatic rings. The minimum atomic E-state index is 0.475. The monoisotopic (exact) mass is 253 g/mol. The second-order valence-electron chi connectivity index (χ2n) is 5.78. The molecule has 2 heteroatoms. The number of carbonyl (C=O) groups is 1. The minimum Gasteiger partial charge on any atom is -0.320 e. The lowest BCUT2D eigenvalue weighted by Gasteiger charge is -2.02. The summed E-state index contributed by atoms with van der Waals surface area (Å²) in [6.45, 7) is 1.16. The van der Waals surface area contributed by atoms with Crippen LogP contribution in [0, 0.1) is 5.92 Å². The first-order chi connectivity index (χ1) is 8.84. The van der Waals surface area contributed by atoms with Crippen molar-refractivity contribution in [2.24, 2.45) is 5.92 Å². The van der Waals surface area contributed by atoms with Crippen LogP contribution in [0.1, 0.15) is 77.0 Å². The highest BCUT2D eigenvalue weighted by molar-refractivity contribution is 5.82. The van der Waals surface area contributed by atoms with Crippen molar-refractivity contribution in [2.75, 3.05) is 13.6 Å². The van der Waals surface area contributed by atoms with Crippen molar-refractivity contribution in [1.29, 1.82) is 0 Å². The summed E-state index contributed by atoms with van der Waals surface area (Å²) in [7, 11) is 2.02. The molecule has 0 amide bonds. The molecule has 1 fully saturated rings. The fourth-order valence-electron chi connectivity index (χ4n) is 2.45. The second kappa shape index (κ2) is 10.5. The van der Waals surface area contributed by atoms with Gasteiger partial charge in [0.1, 0.15) is 5.78 Å². The van der Waals surface area contributed by atoms with Crippen molar-refractivity contribution in [1.82, 2.24) is 5.32 Å². The van der Waals surface area contributed by atoms with E-state index in [1.807, 2.05) is 7.05 Å². The van der Waals surface area contributed by atoms with Gasteiger partial charge >= 0.3 is 0 Å². The third-order valence-corrected chi connectivity index (χ3v) is 3.88. The fourth-order valence-corrected chi connectivity index (χ4v) is 2.45. The van der Waals surface area contributed by atoms with Crippen LogP contribution < -0.4 is 5.32 Å². The highest BCUT2D eigenvalue weighted by Crippen LogP contribution is 2.31. The Labute approximate surface area is 113 Å². The molecule has 0 atom stereocenters. The van der Waals surface area contributed by atoms with Gasteiger partial charge < -0.3 is 5.32 Å². The van der Waals surface area contributed by atoms with E-state index in [1.165, 1.54) is 64.2 Å². The van der Waals surface area contributed by atoms with Gasteiger partial charge in [-0.2, -0.15) is 0 Å². The summed E-state index contributed by atoms with van der Waals surface area (Å²) in [5, 5.41) is 3.19. The van der Waals surface area contributed by atoms with Crippen LogP contribution in [0.5, 0.6) is 0 Å². The number of Topliss-reactive ketones (excluding diaryl/α,β-unsaturated/α-hetero) is 1. The smallest absolute Gasteiger partial charge is 0.135 e. The maximum absolute atomic E-state index is 11.5. The largest absolute Gasteiger partial charge is 0.320 e. The maximum Gasteiger partial charge on any atom is 0.135 e. The molecule has 0 heterocycles. The molecule has 1 N–H and O–H groups in total. The highest BCUT2D eigenvalue weighted by atomic mass is 16.1. The number of nitrogens with one attached hydrogen (secondary N) is 1. The van der Waals surface area contributed by atoms with Crippen LogP contribution in [0.2, 0.25) is 0 Å². The Hall–Kier alpha value is -0.370. The topological polar surface area (TPSA) is 29.1 Å². The molecule has 0 aromatic carbocycles. The van der Waals surface area contributed by atoms with Crippen LogP contribution in [0.25, 0.3) is 0 Å². The molecule has 0 unspecified atom stereocenters. The summed E-state index contributed by atoms with van der Waals surface area (Å²) in [6.07, 6.45) is 15.2. The standard InChI is InChI=1S/C16H31NO/c1-17-14-10-8-6-4-2-3-5-7-9-11-16(18)15-12-13-15/h15,17H,2-14H2,1H3. The van der Waals surface area contributed by atoms with E-state index in [9.17, 15) is 4.79 Å². The molecule has 106 valence electrons. The summed E-state index contributed by atoms with van der Waals surface area (Å²) < 4.78 is 0. The lowest BCUT2D eigenvalue weighted by molar-refractivity contribution is -0.120. The van der Waals surface area contributed by atoms with Crippen LogP contribution in [-0.4, -0.2) is 19.4 Å². The zero-order valence-electron chi connectivity index (χ0n) is 12.2. The first-order valence-electron chi connectivity index (χ1n) is 8.02. The lowest BCUT2D eigenvalue weighted by atomic mass is 10.0. The van der Waals surface area contributed by atoms with Crippen molar-refractivity contribution in [3.05, 3.63) is 0 Å². The van der Waals surface area contributed by atoms with Gasteiger partial charge in [-0.25, -0.2) is 0 Å². The Morgan fingerprint density at radius 2 is 1.39 bits per heavy atom. The van der Waals surface area contributed by atoms with E-state index in [1.54, 1.807) is 0 Å². The number of rotatable bonds is 13. The number of unbranched alkanes of at least 4 members (excludes halogenated alkanes) is 8. The molecule has 0 bridgehead atoms. The van der Waals surface area contributed by atoms with E-state index < -0.39 is 0 Å². The van der Waals surface area contributed by atoms with Crippen molar-refractivity contribution in [3.8, 4) is 0 Å². The van der Waals surface area contributed by atoms with Gasteiger partial charge in [-0.15, -0.1) is 0 Å². The van der Waals surface area contributed by atoms with Gasteiger partial charge in [0.05, 0.1) is 0 Å². The quantitative estimate of drug-likeness (QED) is 0.501. The zero-order chi connectivity index (χ0) is 13.1. The predicted octanol–water partition coefficient (Wildman–Crippen LogP) is 4.09. The molecule has 0 aliphatic heterocycles. The van der Waals surface area contributed by atoms with Crippen molar-refractivity contribution >= 4 is 5.78 Å². The van der Waals surface area contributed by atoms with Gasteiger partial charge in [-0.05, 0) is 39.3 Å². The van der Waals surface area contributed by atoms with Gasteiger partial charge in [0.25, 0.3) is 0 Å². The molecule has 0 aromatic rings. The van der Waals surface area contributed by atoms with Crippen LogP contribution in [0.4, 0.5) is 0 Å². The van der Waals surface area contributed by atoms with Crippen LogP contribution >= 0.6 is 0 Å². The summed E-state index contributed by atoms with van der Waals surface area (Å²) in [6, 6.07) is 0. The molecule has 0 aromatic heterocycles. The molecule has 0 saturated heterocycles. The normalized spacial score (nSPS) is 14.9. The van der Waals surface area contributed by atoms with Crippen LogP contribution in [0.3, 0.4) is 0 Å². The number of hydrogen-bond acceptors (Lipinski definition) is 2. The minimum absolute atomic E-state index is 0.475. The first-order valence-corrected chi connectivity index (χ1v) is 8.02. The van der Waals surface area contributed by atoms with Crippen molar-refractivity contribution in [2.45, 2.75) is 77.0 Å². The number of ketones is 1. The number of hydrogen-bond donors (Lipinski definition) is 1. The van der Waals surface area contributed by atoms with Crippen LogP contribution in [0.15, 0.2) is 0 Å². The summed E-state index contributed by atoms with van der Waals surface area (Å²) in [5.74, 6) is 1.02. The van der Waals surface area contributed by atoms with Gasteiger partial charge in [0.15, 0.2) is 0 Å². The highest BCUT2D eigenvalue weighted by Gasteiger charge is 2.28. The van der Waals surface area contributed by atoms with Crippen molar-refractivity contribution < 1.29 is 4.79 Å². The lowest BCUT2D eigenvalue weighted by Crippen LogP contribution is -2.06. The van der Waals surface area contributed by atoms with Gasteiger partial charge in [0, 0.05) is 12.3 Å². The Bertz CT molecular complexity index is 211. The molecular formula is C16H31NO. The fraction of sp³-hybridized carbons (Fsp3) is 0.938. The summed E-state index contributed by atoms with van der Waals surface area (Å²) in [5.41, 5.74) is 0. The van der Waals surface area contributed by atoms with E-state index in [0.717, 1.165) is 19.4 Å². The molecular weight excluding hydrogens is 222 g/mol. The van der Waals surface area contributed by atoms with Crippen molar-refractivity contribution in [3.63, 3.8) is 0 Å². The number of carbonyl (C=O) groups excluding carboxylic acids is 1. The average molecular weight is 253 g/mol. The van der Waals surface area contributed by atoms with E-state index in [-0.39, 0.29) is 0 Å². The van der Waals surface area contributed by atoms with Gasteiger partial charge in [-0.1, -0.05) is 44.9 Å². The molecule has 2 nitrogen and oxygen atoms in total. The Balaban J connectivity index is 1.69. The molecule has 1 rings (SSSR count). The van der Waals surface area contributed by atoms with Gasteiger partial charge in [-0.3, -0.25) is 4.79 Å². The van der Waals surface area contributed by atoms with E-state index in [4.69, 9.17) is 0 Å². The van der Waals surface area contributed by atoms with Crippen LogP contribution in [-0.2, 0) is 4.79 Å². The summed E-state index contributed by atoms with van der Waals surface area (Å²) in [4.78, 5) is 11.5. The average Bonchev–Trinajstić information content (AvgIpc) is 3.20. The summed E-state index contributed by atoms with van der Waals surface area (Å²) >= 11 is 0. The van der Waals surface area contributed by atoms with Gasteiger partial charge in [0.2, 0.25) is 0 Å². The molecule has 0 radical (unpaired) electrons. The maximum atomic E-state index is 11.5. The SMILES string of the molecule is CNCCCCCCCCCCCC(=O)C1CC1. The molecule has 1 saturated carbocycles. The Kier molecular flexibility index (Phi) is 9.19.